The van der Waals surface area contributed by atoms with Gasteiger partial charge in [0.25, 0.3) is 5.91 Å². The lowest BCUT2D eigenvalue weighted by Crippen LogP contribution is -2.52. The molecule has 0 aliphatic carbocycles. The van der Waals surface area contributed by atoms with E-state index < -0.39 is 0 Å². The molecule has 2 rings (SSSR count). The number of aromatic nitrogens is 1. The van der Waals surface area contributed by atoms with Gasteiger partial charge < -0.3 is 20.1 Å². The largest absolute Gasteiger partial charge is 0.397 e. The van der Waals surface area contributed by atoms with Crippen molar-refractivity contribution in [3.63, 3.8) is 0 Å². The van der Waals surface area contributed by atoms with Crippen LogP contribution in [0.25, 0.3) is 0 Å². The number of hydrogen-bond donors (Lipinski definition) is 1. The molecule has 0 aromatic carbocycles. The highest BCUT2D eigenvalue weighted by atomic mass is 16.2. The van der Waals surface area contributed by atoms with Crippen molar-refractivity contribution >= 4 is 11.6 Å². The van der Waals surface area contributed by atoms with Crippen LogP contribution in [0.2, 0.25) is 0 Å². The number of hydrogen-bond acceptors (Lipinski definition) is 3. The van der Waals surface area contributed by atoms with Crippen molar-refractivity contribution in [1.29, 1.82) is 0 Å². The molecule has 5 heteroatoms. The molecule has 1 atom stereocenters. The Kier molecular flexibility index (Phi) is 3.61. The first-order chi connectivity index (χ1) is 8.52. The predicted molar refractivity (Wildman–Crippen MR) is 72.5 cm³/mol. The van der Waals surface area contributed by atoms with Gasteiger partial charge in [-0.2, -0.15) is 0 Å². The van der Waals surface area contributed by atoms with E-state index in [1.54, 1.807) is 6.07 Å². The maximum Gasteiger partial charge on any atom is 0.270 e. The first-order valence-electron chi connectivity index (χ1n) is 6.48. The summed E-state index contributed by atoms with van der Waals surface area (Å²) in [4.78, 5) is 16.7. The number of carbonyl (C=O) groups is 1. The van der Waals surface area contributed by atoms with E-state index >= 15 is 0 Å². The molecule has 1 amide bonds. The van der Waals surface area contributed by atoms with Crippen molar-refractivity contribution in [2.45, 2.75) is 26.4 Å². The van der Waals surface area contributed by atoms with Crippen LogP contribution >= 0.6 is 0 Å². The Labute approximate surface area is 108 Å². The van der Waals surface area contributed by atoms with Gasteiger partial charge in [-0.1, -0.05) is 0 Å². The van der Waals surface area contributed by atoms with Gasteiger partial charge in [-0.25, -0.2) is 0 Å². The van der Waals surface area contributed by atoms with Gasteiger partial charge in [0.15, 0.2) is 0 Å². The lowest BCUT2D eigenvalue weighted by atomic mass is 10.2. The third-order valence-corrected chi connectivity index (χ3v) is 3.72. The summed E-state index contributed by atoms with van der Waals surface area (Å²) in [6.07, 6.45) is 1.83. The van der Waals surface area contributed by atoms with E-state index in [0.29, 0.717) is 17.4 Å². The molecule has 1 fully saturated rings. The number of nitrogens with two attached hydrogens (primary N) is 1. The minimum Gasteiger partial charge on any atom is -0.397 e. The Bertz CT molecular complexity index is 440. The molecule has 0 radical (unpaired) electrons. The number of nitrogen functional groups attached to an aromatic ring is 1. The number of amides is 1. The second-order valence-corrected chi connectivity index (χ2v) is 5.03. The first kappa shape index (κ1) is 13.0. The van der Waals surface area contributed by atoms with Crippen molar-refractivity contribution < 1.29 is 4.79 Å². The van der Waals surface area contributed by atoms with Gasteiger partial charge in [0.05, 0.1) is 5.69 Å². The number of carbonyl (C=O) groups excluding carboxylic acids is 1. The highest BCUT2D eigenvalue weighted by Gasteiger charge is 2.26. The van der Waals surface area contributed by atoms with Gasteiger partial charge in [0.2, 0.25) is 0 Å². The average molecular weight is 250 g/mol. The van der Waals surface area contributed by atoms with E-state index in [4.69, 9.17) is 5.73 Å². The highest BCUT2D eigenvalue weighted by molar-refractivity contribution is 5.94. The van der Waals surface area contributed by atoms with E-state index in [2.05, 4.69) is 18.9 Å². The quantitative estimate of drug-likeness (QED) is 0.847. The van der Waals surface area contributed by atoms with Gasteiger partial charge in [0, 0.05) is 38.4 Å². The van der Waals surface area contributed by atoms with Crippen LogP contribution in [0.5, 0.6) is 0 Å². The minimum absolute atomic E-state index is 0.0912. The maximum atomic E-state index is 12.5. The molecule has 1 unspecified atom stereocenters. The lowest BCUT2D eigenvalue weighted by Gasteiger charge is -2.37. The summed E-state index contributed by atoms with van der Waals surface area (Å²) in [5, 5.41) is 0. The number of nitrogens with zero attached hydrogens (tertiary/aromatic N) is 3. The Hall–Kier alpha value is -1.49. The summed E-state index contributed by atoms with van der Waals surface area (Å²) in [7, 11) is 2.10. The van der Waals surface area contributed by atoms with Gasteiger partial charge in [-0.3, -0.25) is 4.79 Å². The highest BCUT2D eigenvalue weighted by Crippen LogP contribution is 2.16. The molecule has 100 valence electrons. The molecule has 2 N–H and O–H groups in total. The second kappa shape index (κ2) is 5.02. The zero-order chi connectivity index (χ0) is 13.3. The Balaban J connectivity index is 2.16. The molecular weight excluding hydrogens is 228 g/mol. The molecule has 0 bridgehead atoms. The third-order valence-electron chi connectivity index (χ3n) is 3.72. The number of aryl methyl sites for hydroxylation is 1. The van der Waals surface area contributed by atoms with E-state index in [0.717, 1.165) is 26.2 Å². The fraction of sp³-hybridized carbons (Fsp3) is 0.615. The van der Waals surface area contributed by atoms with E-state index in [1.165, 1.54) is 0 Å². The van der Waals surface area contributed by atoms with E-state index in [-0.39, 0.29) is 5.91 Å². The zero-order valence-electron chi connectivity index (χ0n) is 11.4. The zero-order valence-corrected chi connectivity index (χ0v) is 11.4. The van der Waals surface area contributed by atoms with Gasteiger partial charge in [0.1, 0.15) is 5.69 Å². The fourth-order valence-electron chi connectivity index (χ4n) is 2.37. The first-order valence-corrected chi connectivity index (χ1v) is 6.48. The van der Waals surface area contributed by atoms with E-state index in [1.807, 2.05) is 22.6 Å². The molecule has 1 aliphatic rings. The van der Waals surface area contributed by atoms with Crippen LogP contribution in [0.1, 0.15) is 24.3 Å². The van der Waals surface area contributed by atoms with Crippen LogP contribution in [0, 0.1) is 0 Å². The number of anilines is 1. The average Bonchev–Trinajstić information content (AvgIpc) is 2.73. The van der Waals surface area contributed by atoms with Crippen LogP contribution in [0.3, 0.4) is 0 Å². The summed E-state index contributed by atoms with van der Waals surface area (Å²) in [5.41, 5.74) is 7.13. The summed E-state index contributed by atoms with van der Waals surface area (Å²) in [5.74, 6) is 0.0912. The Morgan fingerprint density at radius 2 is 2.22 bits per heavy atom. The monoisotopic (exact) mass is 250 g/mol. The number of piperazine rings is 1. The normalized spacial score (nSPS) is 21.3. The topological polar surface area (TPSA) is 54.5 Å². The van der Waals surface area contributed by atoms with Crippen molar-refractivity contribution in [2.24, 2.45) is 0 Å². The summed E-state index contributed by atoms with van der Waals surface area (Å²) in [6.45, 7) is 7.42. The SMILES string of the molecule is CCn1cc(N)cc1C(=O)N1CCN(C)C(C)C1. The summed E-state index contributed by atoms with van der Waals surface area (Å²) < 4.78 is 1.92. The van der Waals surface area contributed by atoms with Gasteiger partial charge >= 0.3 is 0 Å². The standard InChI is InChI=1S/C13H22N4O/c1-4-16-9-11(14)7-12(16)13(18)17-6-5-15(3)10(2)8-17/h7,9-10H,4-6,8,14H2,1-3H3. The van der Waals surface area contributed by atoms with E-state index in [9.17, 15) is 4.79 Å². The minimum atomic E-state index is 0.0912. The summed E-state index contributed by atoms with van der Waals surface area (Å²) in [6, 6.07) is 2.18. The molecule has 1 saturated heterocycles. The second-order valence-electron chi connectivity index (χ2n) is 5.03. The molecular formula is C13H22N4O. The maximum absolute atomic E-state index is 12.5. The molecule has 1 aromatic heterocycles. The Morgan fingerprint density at radius 3 is 2.83 bits per heavy atom. The number of rotatable bonds is 2. The lowest BCUT2D eigenvalue weighted by molar-refractivity contribution is 0.0562. The van der Waals surface area contributed by atoms with Crippen molar-refractivity contribution in [1.82, 2.24) is 14.4 Å². The van der Waals surface area contributed by atoms with Crippen LogP contribution < -0.4 is 5.73 Å². The smallest absolute Gasteiger partial charge is 0.270 e. The fourth-order valence-corrected chi connectivity index (χ4v) is 2.37. The van der Waals surface area contributed by atoms with Crippen LogP contribution in [-0.4, -0.2) is 53.0 Å². The summed E-state index contributed by atoms with van der Waals surface area (Å²) >= 11 is 0. The molecule has 0 spiro atoms. The third kappa shape index (κ3) is 2.36. The van der Waals surface area contributed by atoms with Crippen molar-refractivity contribution in [2.75, 3.05) is 32.4 Å². The van der Waals surface area contributed by atoms with Crippen LogP contribution in [-0.2, 0) is 6.54 Å². The van der Waals surface area contributed by atoms with Crippen LogP contribution in [0.4, 0.5) is 5.69 Å². The van der Waals surface area contributed by atoms with Crippen molar-refractivity contribution in [3.8, 4) is 0 Å². The molecule has 2 heterocycles. The molecule has 1 aromatic rings. The van der Waals surface area contributed by atoms with Gasteiger partial charge in [-0.15, -0.1) is 0 Å². The van der Waals surface area contributed by atoms with Crippen molar-refractivity contribution in [3.05, 3.63) is 18.0 Å². The molecule has 1 aliphatic heterocycles. The molecule has 0 saturated carbocycles. The molecule has 18 heavy (non-hydrogen) atoms. The predicted octanol–water partition coefficient (Wildman–Crippen LogP) is 0.866. The van der Waals surface area contributed by atoms with Gasteiger partial charge in [-0.05, 0) is 27.0 Å². The Morgan fingerprint density at radius 1 is 1.50 bits per heavy atom. The number of likely N-dealkylation sites (N-methyl/N-ethyl adjacent to an activating group) is 1. The van der Waals surface area contributed by atoms with Crippen LogP contribution in [0.15, 0.2) is 12.3 Å². The molecule has 5 nitrogen and oxygen atoms in total.